The van der Waals surface area contributed by atoms with Gasteiger partial charge in [0.25, 0.3) is 5.91 Å². The van der Waals surface area contributed by atoms with Gasteiger partial charge in [-0.1, -0.05) is 19.9 Å². The van der Waals surface area contributed by atoms with E-state index >= 15 is 0 Å². The summed E-state index contributed by atoms with van der Waals surface area (Å²) in [4.78, 5) is 24.7. The Hall–Kier alpha value is -2.90. The van der Waals surface area contributed by atoms with Crippen LogP contribution in [0, 0.1) is 5.82 Å². The van der Waals surface area contributed by atoms with E-state index < -0.39 is 17.2 Å². The maximum absolute atomic E-state index is 13.4. The zero-order valence-electron chi connectivity index (χ0n) is 17.6. The van der Waals surface area contributed by atoms with Crippen molar-refractivity contribution in [2.24, 2.45) is 0 Å². The van der Waals surface area contributed by atoms with Crippen LogP contribution in [0.2, 0.25) is 0 Å². The van der Waals surface area contributed by atoms with Gasteiger partial charge < -0.3 is 15.4 Å². The molecule has 0 saturated carbocycles. The second-order valence-electron chi connectivity index (χ2n) is 7.92. The molecule has 1 aromatic carbocycles. The minimum absolute atomic E-state index is 0.206. The number of alkyl carbamates (subject to hydrolysis) is 1. The van der Waals surface area contributed by atoms with E-state index in [9.17, 15) is 14.0 Å². The SMILES string of the molecule is CCC(CC)(CNC(=O)OC(C)(C)C)NC(=O)c1ccn(-c2cccc(F)c2)n1. The first-order chi connectivity index (χ1) is 13.6. The molecule has 2 aromatic rings. The van der Waals surface area contributed by atoms with Crippen LogP contribution in [0.15, 0.2) is 36.5 Å². The third kappa shape index (κ3) is 6.30. The summed E-state index contributed by atoms with van der Waals surface area (Å²) < 4.78 is 20.1. The van der Waals surface area contributed by atoms with Crippen LogP contribution < -0.4 is 10.6 Å². The van der Waals surface area contributed by atoms with E-state index in [0.29, 0.717) is 18.5 Å². The van der Waals surface area contributed by atoms with E-state index in [1.54, 1.807) is 45.2 Å². The Bertz CT molecular complexity index is 854. The van der Waals surface area contributed by atoms with Crippen molar-refractivity contribution >= 4 is 12.0 Å². The average Bonchev–Trinajstić information content (AvgIpc) is 3.14. The van der Waals surface area contributed by atoms with Crippen LogP contribution in [0.1, 0.15) is 57.9 Å². The largest absolute Gasteiger partial charge is 0.444 e. The Morgan fingerprint density at radius 3 is 2.45 bits per heavy atom. The fourth-order valence-corrected chi connectivity index (χ4v) is 2.79. The van der Waals surface area contributed by atoms with Crippen molar-refractivity contribution in [3.8, 4) is 5.69 Å². The summed E-state index contributed by atoms with van der Waals surface area (Å²) in [6, 6.07) is 7.52. The van der Waals surface area contributed by atoms with Gasteiger partial charge in [0.15, 0.2) is 5.69 Å². The van der Waals surface area contributed by atoms with Crippen molar-refractivity contribution in [1.82, 2.24) is 20.4 Å². The van der Waals surface area contributed by atoms with E-state index in [4.69, 9.17) is 4.74 Å². The van der Waals surface area contributed by atoms with Gasteiger partial charge in [-0.25, -0.2) is 13.9 Å². The molecule has 0 spiro atoms. The molecule has 1 aromatic heterocycles. The standard InChI is InChI=1S/C21H29FN4O3/c1-6-21(7-2,14-23-19(28)29-20(3,4)5)24-18(27)17-11-12-26(25-17)16-10-8-9-15(22)13-16/h8-13H,6-7,14H2,1-5H3,(H,23,28)(H,24,27). The number of rotatable bonds is 7. The van der Waals surface area contributed by atoms with Crippen molar-refractivity contribution in [1.29, 1.82) is 0 Å². The lowest BCUT2D eigenvalue weighted by Crippen LogP contribution is -2.55. The van der Waals surface area contributed by atoms with Crippen molar-refractivity contribution in [2.45, 2.75) is 58.6 Å². The second kappa shape index (κ2) is 9.07. The van der Waals surface area contributed by atoms with E-state index in [1.807, 2.05) is 13.8 Å². The third-order valence-electron chi connectivity index (χ3n) is 4.60. The molecule has 2 amide bonds. The van der Waals surface area contributed by atoms with E-state index in [2.05, 4.69) is 15.7 Å². The summed E-state index contributed by atoms with van der Waals surface area (Å²) in [7, 11) is 0. The Morgan fingerprint density at radius 2 is 1.86 bits per heavy atom. The molecule has 8 heteroatoms. The summed E-state index contributed by atoms with van der Waals surface area (Å²) in [5.74, 6) is -0.747. The average molecular weight is 404 g/mol. The van der Waals surface area contributed by atoms with Gasteiger partial charge in [0.1, 0.15) is 11.4 Å². The molecule has 2 rings (SSSR count). The first-order valence-electron chi connectivity index (χ1n) is 9.68. The van der Waals surface area contributed by atoms with Crippen LogP contribution in [0.25, 0.3) is 5.69 Å². The number of hydrogen-bond donors (Lipinski definition) is 2. The minimum Gasteiger partial charge on any atom is -0.444 e. The predicted octanol–water partition coefficient (Wildman–Crippen LogP) is 3.82. The lowest BCUT2D eigenvalue weighted by Gasteiger charge is -2.33. The fraction of sp³-hybridized carbons (Fsp3) is 0.476. The molecule has 0 radical (unpaired) electrons. The minimum atomic E-state index is -0.642. The zero-order valence-corrected chi connectivity index (χ0v) is 17.6. The van der Waals surface area contributed by atoms with Crippen LogP contribution in [0.3, 0.4) is 0 Å². The highest BCUT2D eigenvalue weighted by Gasteiger charge is 2.30. The molecule has 2 N–H and O–H groups in total. The lowest BCUT2D eigenvalue weighted by molar-refractivity contribution is 0.0501. The summed E-state index contributed by atoms with van der Waals surface area (Å²) in [6.07, 6.45) is 2.28. The Kier molecular flexibility index (Phi) is 7.00. The van der Waals surface area contributed by atoms with Crippen LogP contribution in [-0.4, -0.2) is 39.5 Å². The van der Waals surface area contributed by atoms with Crippen LogP contribution in [0.4, 0.5) is 9.18 Å². The highest BCUT2D eigenvalue weighted by atomic mass is 19.1. The number of halogens is 1. The molecule has 0 atom stereocenters. The van der Waals surface area contributed by atoms with Crippen LogP contribution >= 0.6 is 0 Å². The summed E-state index contributed by atoms with van der Waals surface area (Å²) in [6.45, 7) is 9.46. The molecule has 0 aliphatic rings. The zero-order chi connectivity index (χ0) is 21.7. The normalized spacial score (nSPS) is 11.8. The van der Waals surface area contributed by atoms with Gasteiger partial charge in [-0.05, 0) is 57.9 Å². The number of nitrogens with one attached hydrogen (secondary N) is 2. The van der Waals surface area contributed by atoms with Gasteiger partial charge in [0, 0.05) is 12.7 Å². The van der Waals surface area contributed by atoms with Gasteiger partial charge in [-0.2, -0.15) is 5.10 Å². The topological polar surface area (TPSA) is 85.3 Å². The quantitative estimate of drug-likeness (QED) is 0.735. The molecule has 0 bridgehead atoms. The van der Waals surface area contributed by atoms with Crippen LogP contribution in [-0.2, 0) is 4.74 Å². The van der Waals surface area contributed by atoms with Crippen molar-refractivity contribution in [2.75, 3.05) is 6.54 Å². The van der Waals surface area contributed by atoms with E-state index in [1.165, 1.54) is 16.8 Å². The molecule has 0 aliphatic heterocycles. The van der Waals surface area contributed by atoms with Gasteiger partial charge >= 0.3 is 6.09 Å². The first-order valence-corrected chi connectivity index (χ1v) is 9.68. The number of aromatic nitrogens is 2. The smallest absolute Gasteiger partial charge is 0.407 e. The summed E-state index contributed by atoms with van der Waals surface area (Å²) >= 11 is 0. The molecule has 158 valence electrons. The van der Waals surface area contributed by atoms with Gasteiger partial charge in [-0.15, -0.1) is 0 Å². The predicted molar refractivity (Wildman–Crippen MR) is 109 cm³/mol. The number of ether oxygens (including phenoxy) is 1. The number of nitrogens with zero attached hydrogens (tertiary/aromatic N) is 2. The van der Waals surface area contributed by atoms with Crippen molar-refractivity contribution < 1.29 is 18.7 Å². The Morgan fingerprint density at radius 1 is 1.17 bits per heavy atom. The number of hydrogen-bond acceptors (Lipinski definition) is 4. The molecule has 0 aliphatic carbocycles. The highest BCUT2D eigenvalue weighted by molar-refractivity contribution is 5.92. The number of carbonyl (C=O) groups is 2. The maximum Gasteiger partial charge on any atom is 0.407 e. The van der Waals surface area contributed by atoms with E-state index in [0.717, 1.165) is 0 Å². The molecule has 7 nitrogen and oxygen atoms in total. The summed E-state index contributed by atoms with van der Waals surface area (Å²) in [5, 5.41) is 9.96. The Labute approximate surface area is 170 Å². The van der Waals surface area contributed by atoms with Gasteiger partial charge in [0.05, 0.1) is 11.2 Å². The first kappa shape index (κ1) is 22.4. The molecular weight excluding hydrogens is 375 g/mol. The summed E-state index contributed by atoms with van der Waals surface area (Å²) in [5.41, 5.74) is -0.514. The molecule has 1 heterocycles. The van der Waals surface area contributed by atoms with Crippen LogP contribution in [0.5, 0.6) is 0 Å². The molecule has 0 saturated heterocycles. The second-order valence-corrected chi connectivity index (χ2v) is 7.92. The van der Waals surface area contributed by atoms with Gasteiger partial charge in [0.2, 0.25) is 0 Å². The number of amides is 2. The molecule has 0 unspecified atom stereocenters. The Balaban J connectivity index is 2.08. The van der Waals surface area contributed by atoms with Gasteiger partial charge in [-0.3, -0.25) is 4.79 Å². The molecule has 0 fully saturated rings. The fourth-order valence-electron chi connectivity index (χ4n) is 2.79. The third-order valence-corrected chi connectivity index (χ3v) is 4.60. The molecule has 29 heavy (non-hydrogen) atoms. The molecular formula is C21H29FN4O3. The van der Waals surface area contributed by atoms with Crippen molar-refractivity contribution in [3.63, 3.8) is 0 Å². The van der Waals surface area contributed by atoms with Crippen molar-refractivity contribution in [3.05, 3.63) is 48.0 Å². The monoisotopic (exact) mass is 404 g/mol. The highest BCUT2D eigenvalue weighted by Crippen LogP contribution is 2.17. The maximum atomic E-state index is 13.4. The number of carbonyl (C=O) groups excluding carboxylic acids is 2. The van der Waals surface area contributed by atoms with E-state index in [-0.39, 0.29) is 24.0 Å². The number of benzene rings is 1. The lowest BCUT2D eigenvalue weighted by atomic mass is 9.92.